The van der Waals surface area contributed by atoms with Gasteiger partial charge in [0.2, 0.25) is 0 Å². The van der Waals surface area contributed by atoms with Gasteiger partial charge in [-0.2, -0.15) is 0 Å². The fourth-order valence-corrected chi connectivity index (χ4v) is 1.40. The lowest BCUT2D eigenvalue weighted by Gasteiger charge is -2.04. The highest BCUT2D eigenvalue weighted by molar-refractivity contribution is 5.98. The average Bonchev–Trinajstić information content (AvgIpc) is 2.12. The Labute approximate surface area is 76.4 Å². The third-order valence-electron chi connectivity index (χ3n) is 2.10. The standard InChI is InChI=1S/C10H11N3/c1-6-2-3-7-8(4-6)10(12)13-5-9(7)11/h2-5H,11H2,1H3,(H2,12,13). The van der Waals surface area contributed by atoms with Crippen LogP contribution in [-0.2, 0) is 0 Å². The molecule has 0 saturated carbocycles. The molecule has 0 unspecified atom stereocenters. The quantitative estimate of drug-likeness (QED) is 0.637. The molecule has 66 valence electrons. The summed E-state index contributed by atoms with van der Waals surface area (Å²) in [4.78, 5) is 4.00. The summed E-state index contributed by atoms with van der Waals surface area (Å²) in [6, 6.07) is 5.98. The topological polar surface area (TPSA) is 64.9 Å². The monoisotopic (exact) mass is 173 g/mol. The zero-order valence-electron chi connectivity index (χ0n) is 7.41. The minimum Gasteiger partial charge on any atom is -0.397 e. The molecule has 0 fully saturated rings. The van der Waals surface area contributed by atoms with Crippen LogP contribution in [-0.4, -0.2) is 4.98 Å². The van der Waals surface area contributed by atoms with Gasteiger partial charge in [0, 0.05) is 10.8 Å². The van der Waals surface area contributed by atoms with Crippen molar-refractivity contribution >= 4 is 22.3 Å². The second kappa shape index (κ2) is 2.62. The molecular weight excluding hydrogens is 162 g/mol. The first kappa shape index (κ1) is 7.86. The number of nitrogen functional groups attached to an aromatic ring is 2. The van der Waals surface area contributed by atoms with Crippen LogP contribution in [0.2, 0.25) is 0 Å². The minimum absolute atomic E-state index is 0.535. The van der Waals surface area contributed by atoms with Crippen molar-refractivity contribution < 1.29 is 0 Å². The molecule has 3 nitrogen and oxygen atoms in total. The lowest BCUT2D eigenvalue weighted by molar-refractivity contribution is 1.36. The molecule has 4 N–H and O–H groups in total. The van der Waals surface area contributed by atoms with Crippen molar-refractivity contribution in [3.63, 3.8) is 0 Å². The third kappa shape index (κ3) is 1.18. The van der Waals surface area contributed by atoms with Crippen molar-refractivity contribution in [2.24, 2.45) is 0 Å². The molecule has 2 rings (SSSR count). The van der Waals surface area contributed by atoms with Gasteiger partial charge in [0.05, 0.1) is 11.9 Å². The van der Waals surface area contributed by atoms with E-state index in [1.807, 2.05) is 25.1 Å². The normalized spacial score (nSPS) is 10.5. The summed E-state index contributed by atoms with van der Waals surface area (Å²) in [5.41, 5.74) is 13.3. The Kier molecular flexibility index (Phi) is 1.59. The Morgan fingerprint density at radius 1 is 1.15 bits per heavy atom. The summed E-state index contributed by atoms with van der Waals surface area (Å²) >= 11 is 0. The van der Waals surface area contributed by atoms with E-state index in [0.29, 0.717) is 11.5 Å². The van der Waals surface area contributed by atoms with E-state index in [1.54, 1.807) is 6.20 Å². The second-order valence-corrected chi connectivity index (χ2v) is 3.15. The van der Waals surface area contributed by atoms with Gasteiger partial charge < -0.3 is 11.5 Å². The van der Waals surface area contributed by atoms with Gasteiger partial charge >= 0.3 is 0 Å². The van der Waals surface area contributed by atoms with Gasteiger partial charge in [-0.1, -0.05) is 17.7 Å². The minimum atomic E-state index is 0.535. The zero-order valence-corrected chi connectivity index (χ0v) is 7.41. The van der Waals surface area contributed by atoms with Gasteiger partial charge in [-0.25, -0.2) is 4.98 Å². The summed E-state index contributed by atoms with van der Waals surface area (Å²) in [5.74, 6) is 0.535. The summed E-state index contributed by atoms with van der Waals surface area (Å²) in [7, 11) is 0. The lowest BCUT2D eigenvalue weighted by atomic mass is 10.1. The molecule has 0 spiro atoms. The van der Waals surface area contributed by atoms with Crippen LogP contribution < -0.4 is 11.5 Å². The molecule has 0 aliphatic rings. The highest BCUT2D eigenvalue weighted by Gasteiger charge is 2.01. The van der Waals surface area contributed by atoms with Crippen LogP contribution in [0.3, 0.4) is 0 Å². The van der Waals surface area contributed by atoms with Gasteiger partial charge in [-0.3, -0.25) is 0 Å². The van der Waals surface area contributed by atoms with Gasteiger partial charge in [0.1, 0.15) is 5.82 Å². The summed E-state index contributed by atoms with van der Waals surface area (Å²) in [6.45, 7) is 2.02. The van der Waals surface area contributed by atoms with E-state index in [9.17, 15) is 0 Å². The molecule has 0 atom stereocenters. The number of hydrogen-bond donors (Lipinski definition) is 2. The van der Waals surface area contributed by atoms with Crippen LogP contribution in [0.15, 0.2) is 24.4 Å². The summed E-state index contributed by atoms with van der Waals surface area (Å²) in [5, 5.41) is 1.90. The number of nitrogens with zero attached hydrogens (tertiary/aromatic N) is 1. The SMILES string of the molecule is Cc1ccc2c(N)cnc(N)c2c1. The molecule has 1 aromatic heterocycles. The smallest absolute Gasteiger partial charge is 0.131 e. The molecular formula is C10H11N3. The van der Waals surface area contributed by atoms with Crippen LogP contribution in [0, 0.1) is 6.92 Å². The number of nitrogens with two attached hydrogens (primary N) is 2. The Hall–Kier alpha value is -1.77. The summed E-state index contributed by atoms with van der Waals surface area (Å²) < 4.78 is 0. The van der Waals surface area contributed by atoms with Crippen LogP contribution in [0.5, 0.6) is 0 Å². The number of fused-ring (bicyclic) bond motifs is 1. The van der Waals surface area contributed by atoms with E-state index in [2.05, 4.69) is 4.98 Å². The molecule has 13 heavy (non-hydrogen) atoms. The Morgan fingerprint density at radius 3 is 2.69 bits per heavy atom. The molecule has 3 heteroatoms. The first-order valence-corrected chi connectivity index (χ1v) is 4.09. The molecule has 1 heterocycles. The van der Waals surface area contributed by atoms with E-state index >= 15 is 0 Å². The Morgan fingerprint density at radius 2 is 1.92 bits per heavy atom. The number of hydrogen-bond acceptors (Lipinski definition) is 3. The van der Waals surface area contributed by atoms with Gasteiger partial charge in [-0.05, 0) is 13.0 Å². The van der Waals surface area contributed by atoms with Gasteiger partial charge in [0.15, 0.2) is 0 Å². The maximum atomic E-state index is 5.76. The van der Waals surface area contributed by atoms with Crippen molar-refractivity contribution in [1.29, 1.82) is 0 Å². The summed E-state index contributed by atoms with van der Waals surface area (Å²) in [6.07, 6.45) is 1.59. The number of benzene rings is 1. The molecule has 0 radical (unpaired) electrons. The highest BCUT2D eigenvalue weighted by Crippen LogP contribution is 2.24. The number of anilines is 2. The predicted octanol–water partition coefficient (Wildman–Crippen LogP) is 1.71. The number of rotatable bonds is 0. The van der Waals surface area contributed by atoms with E-state index in [1.165, 1.54) is 0 Å². The molecule has 2 aromatic rings. The van der Waals surface area contributed by atoms with Crippen molar-refractivity contribution in [3.05, 3.63) is 30.0 Å². The first-order chi connectivity index (χ1) is 6.18. The van der Waals surface area contributed by atoms with E-state index in [0.717, 1.165) is 16.3 Å². The predicted molar refractivity (Wildman–Crippen MR) is 55.3 cm³/mol. The van der Waals surface area contributed by atoms with E-state index in [4.69, 9.17) is 11.5 Å². The van der Waals surface area contributed by atoms with Crippen LogP contribution >= 0.6 is 0 Å². The molecule has 0 saturated heterocycles. The fraction of sp³-hybridized carbons (Fsp3) is 0.100. The third-order valence-corrected chi connectivity index (χ3v) is 2.10. The van der Waals surface area contributed by atoms with Crippen molar-refractivity contribution in [1.82, 2.24) is 4.98 Å². The lowest BCUT2D eigenvalue weighted by Crippen LogP contribution is -1.95. The molecule has 0 bridgehead atoms. The maximum Gasteiger partial charge on any atom is 0.131 e. The Bertz CT molecular complexity index is 463. The molecule has 0 aliphatic heterocycles. The van der Waals surface area contributed by atoms with Crippen molar-refractivity contribution in [3.8, 4) is 0 Å². The average molecular weight is 173 g/mol. The molecule has 1 aromatic carbocycles. The van der Waals surface area contributed by atoms with Crippen molar-refractivity contribution in [2.45, 2.75) is 6.92 Å². The van der Waals surface area contributed by atoms with Crippen LogP contribution in [0.25, 0.3) is 10.8 Å². The van der Waals surface area contributed by atoms with Crippen LogP contribution in [0.4, 0.5) is 11.5 Å². The van der Waals surface area contributed by atoms with Crippen molar-refractivity contribution in [2.75, 3.05) is 11.5 Å². The number of aryl methyl sites for hydroxylation is 1. The van der Waals surface area contributed by atoms with Gasteiger partial charge in [-0.15, -0.1) is 0 Å². The number of pyridine rings is 1. The van der Waals surface area contributed by atoms with Gasteiger partial charge in [0.25, 0.3) is 0 Å². The molecule has 0 aliphatic carbocycles. The first-order valence-electron chi connectivity index (χ1n) is 4.09. The van der Waals surface area contributed by atoms with Crippen LogP contribution in [0.1, 0.15) is 5.56 Å². The van der Waals surface area contributed by atoms with E-state index < -0.39 is 0 Å². The zero-order chi connectivity index (χ0) is 9.42. The Balaban J connectivity index is 2.92. The molecule has 0 amide bonds. The maximum absolute atomic E-state index is 5.76. The highest BCUT2D eigenvalue weighted by atomic mass is 14.8. The largest absolute Gasteiger partial charge is 0.397 e. The van der Waals surface area contributed by atoms with E-state index in [-0.39, 0.29) is 0 Å². The number of aromatic nitrogens is 1. The fourth-order valence-electron chi connectivity index (χ4n) is 1.40. The second-order valence-electron chi connectivity index (χ2n) is 3.15.